The SMILES string of the molecule is CC(C)Sc1cnc2ccccc2n1. The van der Waals surface area contributed by atoms with Gasteiger partial charge in [-0.05, 0) is 12.1 Å². The van der Waals surface area contributed by atoms with Crippen LogP contribution in [0.4, 0.5) is 0 Å². The lowest BCUT2D eigenvalue weighted by molar-refractivity contribution is 1.07. The highest BCUT2D eigenvalue weighted by atomic mass is 32.2. The lowest BCUT2D eigenvalue weighted by Crippen LogP contribution is -1.91. The van der Waals surface area contributed by atoms with Gasteiger partial charge in [-0.25, -0.2) is 4.98 Å². The molecule has 0 aliphatic heterocycles. The van der Waals surface area contributed by atoms with Crippen molar-refractivity contribution in [2.24, 2.45) is 0 Å². The largest absolute Gasteiger partial charge is 0.252 e. The number of fused-ring (bicyclic) bond motifs is 1. The van der Waals surface area contributed by atoms with Crippen LogP contribution >= 0.6 is 11.8 Å². The van der Waals surface area contributed by atoms with Gasteiger partial charge in [0.15, 0.2) is 0 Å². The van der Waals surface area contributed by atoms with Gasteiger partial charge in [0, 0.05) is 5.25 Å². The summed E-state index contributed by atoms with van der Waals surface area (Å²) in [5.74, 6) is 0. The molecule has 0 saturated heterocycles. The first kappa shape index (κ1) is 9.46. The molecule has 0 aliphatic carbocycles. The maximum atomic E-state index is 4.52. The minimum atomic E-state index is 0.547. The zero-order valence-electron chi connectivity index (χ0n) is 8.27. The van der Waals surface area contributed by atoms with Gasteiger partial charge in [-0.3, -0.25) is 4.98 Å². The molecule has 2 nitrogen and oxygen atoms in total. The predicted octanol–water partition coefficient (Wildman–Crippen LogP) is 3.13. The molecule has 1 aromatic heterocycles. The minimum absolute atomic E-state index is 0.547. The van der Waals surface area contributed by atoms with Crippen LogP contribution in [0.25, 0.3) is 11.0 Å². The summed E-state index contributed by atoms with van der Waals surface area (Å²) >= 11 is 1.74. The fourth-order valence-corrected chi connectivity index (χ4v) is 1.99. The molecule has 0 atom stereocenters. The molecule has 0 amide bonds. The van der Waals surface area contributed by atoms with Gasteiger partial charge in [-0.15, -0.1) is 11.8 Å². The zero-order valence-corrected chi connectivity index (χ0v) is 9.08. The number of hydrogen-bond acceptors (Lipinski definition) is 3. The lowest BCUT2D eigenvalue weighted by atomic mass is 10.3. The topological polar surface area (TPSA) is 25.8 Å². The molecule has 0 N–H and O–H groups in total. The van der Waals surface area contributed by atoms with Crippen molar-refractivity contribution in [3.8, 4) is 0 Å². The van der Waals surface area contributed by atoms with Crippen LogP contribution in [0.15, 0.2) is 35.5 Å². The van der Waals surface area contributed by atoms with E-state index in [1.807, 2.05) is 30.5 Å². The van der Waals surface area contributed by atoms with Crippen LogP contribution in [0, 0.1) is 0 Å². The number of aromatic nitrogens is 2. The van der Waals surface area contributed by atoms with Crippen LogP contribution < -0.4 is 0 Å². The van der Waals surface area contributed by atoms with Gasteiger partial charge >= 0.3 is 0 Å². The third kappa shape index (κ3) is 2.04. The van der Waals surface area contributed by atoms with Gasteiger partial charge in [-0.2, -0.15) is 0 Å². The second-order valence-electron chi connectivity index (χ2n) is 3.36. The first-order valence-corrected chi connectivity index (χ1v) is 5.52. The number of para-hydroxylation sites is 2. The molecule has 72 valence electrons. The second kappa shape index (κ2) is 3.96. The molecule has 14 heavy (non-hydrogen) atoms. The Balaban J connectivity index is 2.41. The number of nitrogens with zero attached hydrogens (tertiary/aromatic N) is 2. The van der Waals surface area contributed by atoms with Crippen molar-refractivity contribution in [3.05, 3.63) is 30.5 Å². The Hall–Kier alpha value is -1.09. The van der Waals surface area contributed by atoms with E-state index in [2.05, 4.69) is 23.8 Å². The van der Waals surface area contributed by atoms with Crippen molar-refractivity contribution in [3.63, 3.8) is 0 Å². The second-order valence-corrected chi connectivity index (χ2v) is 4.96. The first-order chi connectivity index (χ1) is 6.75. The molecule has 0 bridgehead atoms. The van der Waals surface area contributed by atoms with E-state index >= 15 is 0 Å². The summed E-state index contributed by atoms with van der Waals surface area (Å²) in [5, 5.41) is 1.55. The Morgan fingerprint density at radius 1 is 1.14 bits per heavy atom. The van der Waals surface area contributed by atoms with Crippen molar-refractivity contribution >= 4 is 22.8 Å². The smallest absolute Gasteiger partial charge is 0.115 e. The molecule has 0 saturated carbocycles. The molecule has 2 rings (SSSR count). The molecule has 3 heteroatoms. The van der Waals surface area contributed by atoms with E-state index < -0.39 is 0 Å². The molecule has 2 aromatic rings. The van der Waals surface area contributed by atoms with E-state index in [4.69, 9.17) is 0 Å². The van der Waals surface area contributed by atoms with Gasteiger partial charge in [0.25, 0.3) is 0 Å². The third-order valence-corrected chi connectivity index (χ3v) is 2.69. The summed E-state index contributed by atoms with van der Waals surface area (Å²) in [6, 6.07) is 7.94. The average Bonchev–Trinajstić information content (AvgIpc) is 2.17. The summed E-state index contributed by atoms with van der Waals surface area (Å²) < 4.78 is 0. The van der Waals surface area contributed by atoms with Gasteiger partial charge in [0.2, 0.25) is 0 Å². The number of thioether (sulfide) groups is 1. The van der Waals surface area contributed by atoms with Crippen LogP contribution in [0.1, 0.15) is 13.8 Å². The van der Waals surface area contributed by atoms with Crippen LogP contribution in [-0.4, -0.2) is 15.2 Å². The van der Waals surface area contributed by atoms with Crippen LogP contribution in [0.2, 0.25) is 0 Å². The van der Waals surface area contributed by atoms with Crippen LogP contribution in [-0.2, 0) is 0 Å². The predicted molar refractivity (Wildman–Crippen MR) is 60.5 cm³/mol. The Bertz CT molecular complexity index is 440. The van der Waals surface area contributed by atoms with Crippen molar-refractivity contribution in [2.45, 2.75) is 24.1 Å². The summed E-state index contributed by atoms with van der Waals surface area (Å²) in [6.45, 7) is 4.31. The molecule has 0 spiro atoms. The monoisotopic (exact) mass is 204 g/mol. The Kier molecular flexibility index (Phi) is 2.68. The lowest BCUT2D eigenvalue weighted by Gasteiger charge is -2.03. The molecule has 1 aromatic carbocycles. The first-order valence-electron chi connectivity index (χ1n) is 4.64. The van der Waals surface area contributed by atoms with Crippen molar-refractivity contribution in [2.75, 3.05) is 0 Å². The van der Waals surface area contributed by atoms with E-state index in [0.717, 1.165) is 16.1 Å². The number of hydrogen-bond donors (Lipinski definition) is 0. The maximum absolute atomic E-state index is 4.52. The summed E-state index contributed by atoms with van der Waals surface area (Å²) in [4.78, 5) is 8.87. The third-order valence-electron chi connectivity index (χ3n) is 1.78. The van der Waals surface area contributed by atoms with E-state index in [1.165, 1.54) is 0 Å². The summed E-state index contributed by atoms with van der Waals surface area (Å²) in [7, 11) is 0. The van der Waals surface area contributed by atoms with E-state index in [1.54, 1.807) is 11.8 Å². The Labute approximate surface area is 87.8 Å². The fraction of sp³-hybridized carbons (Fsp3) is 0.273. The van der Waals surface area contributed by atoms with E-state index in [0.29, 0.717) is 5.25 Å². The number of benzene rings is 1. The van der Waals surface area contributed by atoms with Gasteiger partial charge in [0.05, 0.1) is 17.2 Å². The highest BCUT2D eigenvalue weighted by Gasteiger charge is 2.01. The standard InChI is InChI=1S/C11H12N2S/c1-8(2)14-11-7-12-9-5-3-4-6-10(9)13-11/h3-8H,1-2H3. The Morgan fingerprint density at radius 2 is 1.86 bits per heavy atom. The fourth-order valence-electron chi connectivity index (χ4n) is 1.24. The molecule has 0 radical (unpaired) electrons. The maximum Gasteiger partial charge on any atom is 0.115 e. The zero-order chi connectivity index (χ0) is 9.97. The molecule has 1 heterocycles. The summed E-state index contributed by atoms with van der Waals surface area (Å²) in [6.07, 6.45) is 1.84. The highest BCUT2D eigenvalue weighted by molar-refractivity contribution is 7.99. The van der Waals surface area contributed by atoms with Crippen LogP contribution in [0.3, 0.4) is 0 Å². The van der Waals surface area contributed by atoms with E-state index in [9.17, 15) is 0 Å². The molecule has 0 unspecified atom stereocenters. The molecular weight excluding hydrogens is 192 g/mol. The quantitative estimate of drug-likeness (QED) is 0.703. The normalized spacial score (nSPS) is 11.1. The van der Waals surface area contributed by atoms with Crippen molar-refractivity contribution in [1.82, 2.24) is 9.97 Å². The Morgan fingerprint density at radius 3 is 2.57 bits per heavy atom. The average molecular weight is 204 g/mol. The highest BCUT2D eigenvalue weighted by Crippen LogP contribution is 2.21. The molecule has 0 fully saturated rings. The molecule has 0 aliphatic rings. The van der Waals surface area contributed by atoms with Crippen LogP contribution in [0.5, 0.6) is 0 Å². The summed E-state index contributed by atoms with van der Waals surface area (Å²) in [5.41, 5.74) is 1.93. The van der Waals surface area contributed by atoms with Crippen molar-refractivity contribution < 1.29 is 0 Å². The van der Waals surface area contributed by atoms with Gasteiger partial charge < -0.3 is 0 Å². The minimum Gasteiger partial charge on any atom is -0.252 e. The van der Waals surface area contributed by atoms with E-state index in [-0.39, 0.29) is 0 Å². The van der Waals surface area contributed by atoms with Gasteiger partial charge in [-0.1, -0.05) is 26.0 Å². The molecular formula is C11H12N2S. The van der Waals surface area contributed by atoms with Crippen molar-refractivity contribution in [1.29, 1.82) is 0 Å². The van der Waals surface area contributed by atoms with Gasteiger partial charge in [0.1, 0.15) is 5.03 Å². The number of rotatable bonds is 2.